The van der Waals surface area contributed by atoms with Gasteiger partial charge in [-0.3, -0.25) is 24.6 Å². The zero-order chi connectivity index (χ0) is 20.8. The first-order valence-corrected chi connectivity index (χ1v) is 9.41. The number of fused-ring (bicyclic) bond motifs is 1. The van der Waals surface area contributed by atoms with Crippen LogP contribution in [0.25, 0.3) is 0 Å². The fourth-order valence-electron chi connectivity index (χ4n) is 4.51. The number of benzene rings is 2. The van der Waals surface area contributed by atoms with Crippen LogP contribution in [0.3, 0.4) is 0 Å². The van der Waals surface area contributed by atoms with Gasteiger partial charge in [0.2, 0.25) is 11.8 Å². The highest BCUT2D eigenvalue weighted by molar-refractivity contribution is 6.09. The number of methoxy groups -OCH3 is 1. The van der Waals surface area contributed by atoms with Crippen LogP contribution in [0, 0.1) is 11.8 Å². The lowest BCUT2D eigenvalue weighted by Crippen LogP contribution is -2.53. The van der Waals surface area contributed by atoms with E-state index in [-0.39, 0.29) is 12.5 Å². The lowest BCUT2D eigenvalue weighted by molar-refractivity contribution is -0.150. The minimum absolute atomic E-state index is 0.125. The van der Waals surface area contributed by atoms with Crippen LogP contribution in [0.5, 0.6) is 5.75 Å². The van der Waals surface area contributed by atoms with Crippen molar-refractivity contribution in [1.82, 2.24) is 10.2 Å². The summed E-state index contributed by atoms with van der Waals surface area (Å²) in [7, 11) is 1.52. The maximum atomic E-state index is 13.3. The standard InChI is InChI=1S/C22H22N2O5/c1-22(21(27)28)17-16(18(23-22)14-10-6-7-11-15(14)29-2)19(25)24(20(17)26)12-13-8-4-3-5-9-13/h3-11,16-18,23H,12H2,1-2H3,(H,27,28). The highest BCUT2D eigenvalue weighted by Gasteiger charge is 2.66. The average Bonchev–Trinajstić information content (AvgIpc) is 3.18. The molecular weight excluding hydrogens is 372 g/mol. The van der Waals surface area contributed by atoms with Crippen molar-refractivity contribution in [2.45, 2.75) is 25.0 Å². The van der Waals surface area contributed by atoms with Crippen molar-refractivity contribution >= 4 is 17.8 Å². The first-order chi connectivity index (χ1) is 13.9. The maximum Gasteiger partial charge on any atom is 0.324 e. The molecule has 29 heavy (non-hydrogen) atoms. The third kappa shape index (κ3) is 2.89. The second-order valence-electron chi connectivity index (χ2n) is 7.62. The van der Waals surface area contributed by atoms with Gasteiger partial charge in [-0.1, -0.05) is 48.5 Å². The van der Waals surface area contributed by atoms with Gasteiger partial charge < -0.3 is 9.84 Å². The molecule has 2 aliphatic rings. The topological polar surface area (TPSA) is 95.9 Å². The molecule has 2 saturated heterocycles. The number of hydrogen-bond acceptors (Lipinski definition) is 5. The predicted molar refractivity (Wildman–Crippen MR) is 104 cm³/mol. The normalized spacial score (nSPS) is 28.5. The maximum absolute atomic E-state index is 13.3. The van der Waals surface area contributed by atoms with Crippen LogP contribution in [-0.2, 0) is 20.9 Å². The van der Waals surface area contributed by atoms with Gasteiger partial charge in [-0.15, -0.1) is 0 Å². The monoisotopic (exact) mass is 394 g/mol. The number of likely N-dealkylation sites (tertiary alicyclic amines) is 1. The number of hydrogen-bond donors (Lipinski definition) is 2. The summed E-state index contributed by atoms with van der Waals surface area (Å²) in [4.78, 5) is 39.9. The fraction of sp³-hybridized carbons (Fsp3) is 0.318. The molecule has 2 heterocycles. The number of aliphatic carboxylic acids is 1. The van der Waals surface area contributed by atoms with Crippen molar-refractivity contribution in [3.8, 4) is 5.75 Å². The minimum Gasteiger partial charge on any atom is -0.496 e. The second-order valence-corrected chi connectivity index (χ2v) is 7.62. The van der Waals surface area contributed by atoms with Crippen molar-refractivity contribution in [3.05, 3.63) is 65.7 Å². The Morgan fingerprint density at radius 3 is 2.41 bits per heavy atom. The molecule has 7 heteroatoms. The molecule has 2 fully saturated rings. The van der Waals surface area contributed by atoms with Gasteiger partial charge in [-0.2, -0.15) is 0 Å². The summed E-state index contributed by atoms with van der Waals surface area (Å²) in [6.07, 6.45) is 0. The largest absolute Gasteiger partial charge is 0.496 e. The molecule has 4 atom stereocenters. The SMILES string of the molecule is COc1ccccc1C1NC(C)(C(=O)O)C2C(=O)N(Cc3ccccc3)C(=O)C12. The van der Waals surface area contributed by atoms with Gasteiger partial charge in [0.1, 0.15) is 11.3 Å². The number of nitrogens with one attached hydrogen (secondary N) is 1. The molecule has 0 bridgehead atoms. The molecule has 2 aromatic rings. The summed E-state index contributed by atoms with van der Waals surface area (Å²) in [5, 5.41) is 13.0. The van der Waals surface area contributed by atoms with Crippen LogP contribution in [0.2, 0.25) is 0 Å². The van der Waals surface area contributed by atoms with Crippen molar-refractivity contribution in [1.29, 1.82) is 0 Å². The Morgan fingerprint density at radius 2 is 1.76 bits per heavy atom. The highest BCUT2D eigenvalue weighted by atomic mass is 16.5. The van der Waals surface area contributed by atoms with Crippen LogP contribution in [0.4, 0.5) is 0 Å². The quantitative estimate of drug-likeness (QED) is 0.753. The number of carboxylic acids is 1. The molecule has 0 aromatic heterocycles. The van der Waals surface area contributed by atoms with E-state index < -0.39 is 35.3 Å². The van der Waals surface area contributed by atoms with Gasteiger partial charge in [-0.25, -0.2) is 0 Å². The molecule has 2 aliphatic heterocycles. The first-order valence-electron chi connectivity index (χ1n) is 9.41. The molecule has 0 radical (unpaired) electrons. The lowest BCUT2D eigenvalue weighted by atomic mass is 9.80. The van der Waals surface area contributed by atoms with Crippen LogP contribution in [-0.4, -0.2) is 40.4 Å². The Morgan fingerprint density at radius 1 is 1.10 bits per heavy atom. The highest BCUT2D eigenvalue weighted by Crippen LogP contribution is 2.50. The summed E-state index contributed by atoms with van der Waals surface area (Å²) < 4.78 is 5.42. The number of imide groups is 1. The molecule has 2 aromatic carbocycles. The van der Waals surface area contributed by atoms with Crippen molar-refractivity contribution in [2.75, 3.05) is 7.11 Å². The van der Waals surface area contributed by atoms with Gasteiger partial charge in [0.25, 0.3) is 0 Å². The van der Waals surface area contributed by atoms with E-state index >= 15 is 0 Å². The van der Waals surface area contributed by atoms with E-state index in [9.17, 15) is 19.5 Å². The van der Waals surface area contributed by atoms with E-state index in [1.807, 2.05) is 30.3 Å². The molecule has 0 aliphatic carbocycles. The molecule has 7 nitrogen and oxygen atoms in total. The summed E-state index contributed by atoms with van der Waals surface area (Å²) >= 11 is 0. The van der Waals surface area contributed by atoms with Crippen LogP contribution >= 0.6 is 0 Å². The zero-order valence-corrected chi connectivity index (χ0v) is 16.2. The molecule has 150 valence electrons. The van der Waals surface area contributed by atoms with Gasteiger partial charge in [0.05, 0.1) is 25.5 Å². The van der Waals surface area contributed by atoms with E-state index in [1.165, 1.54) is 18.9 Å². The summed E-state index contributed by atoms with van der Waals surface area (Å²) in [5.74, 6) is -3.25. The van der Waals surface area contributed by atoms with E-state index in [2.05, 4.69) is 5.32 Å². The predicted octanol–water partition coefficient (Wildman–Crippen LogP) is 1.98. The van der Waals surface area contributed by atoms with Crippen LogP contribution in [0.1, 0.15) is 24.1 Å². The molecule has 4 unspecified atom stereocenters. The minimum atomic E-state index is -1.56. The first kappa shape index (κ1) is 19.1. The summed E-state index contributed by atoms with van der Waals surface area (Å²) in [5.41, 5.74) is -0.0837. The summed E-state index contributed by atoms with van der Waals surface area (Å²) in [6, 6.07) is 15.7. The van der Waals surface area contributed by atoms with Gasteiger partial charge in [0.15, 0.2) is 0 Å². The molecule has 0 spiro atoms. The number of carbonyl (C=O) groups excluding carboxylic acids is 2. The Labute approximate surface area is 168 Å². The number of carbonyl (C=O) groups is 3. The van der Waals surface area contributed by atoms with Crippen LogP contribution < -0.4 is 10.1 Å². The molecule has 2 N–H and O–H groups in total. The van der Waals surface area contributed by atoms with Gasteiger partial charge >= 0.3 is 5.97 Å². The number of rotatable bonds is 5. The van der Waals surface area contributed by atoms with Crippen molar-refractivity contribution in [2.24, 2.45) is 11.8 Å². The van der Waals surface area contributed by atoms with E-state index in [0.29, 0.717) is 11.3 Å². The van der Waals surface area contributed by atoms with E-state index in [4.69, 9.17) is 4.74 Å². The second kappa shape index (κ2) is 7.00. The molecule has 2 amide bonds. The zero-order valence-electron chi connectivity index (χ0n) is 16.2. The smallest absolute Gasteiger partial charge is 0.324 e. The number of nitrogens with zero attached hydrogens (tertiary/aromatic N) is 1. The molecule has 0 saturated carbocycles. The number of para-hydroxylation sites is 1. The third-order valence-electron chi connectivity index (χ3n) is 5.98. The fourth-order valence-corrected chi connectivity index (χ4v) is 4.51. The summed E-state index contributed by atoms with van der Waals surface area (Å²) in [6.45, 7) is 1.60. The van der Waals surface area contributed by atoms with E-state index in [0.717, 1.165) is 5.56 Å². The Hall–Kier alpha value is -3.19. The third-order valence-corrected chi connectivity index (χ3v) is 5.98. The van der Waals surface area contributed by atoms with Crippen molar-refractivity contribution < 1.29 is 24.2 Å². The molecule has 4 rings (SSSR count). The number of amides is 2. The lowest BCUT2D eigenvalue weighted by Gasteiger charge is -2.27. The van der Waals surface area contributed by atoms with Gasteiger partial charge in [0, 0.05) is 11.6 Å². The number of ether oxygens (including phenoxy) is 1. The Balaban J connectivity index is 1.77. The average molecular weight is 394 g/mol. The van der Waals surface area contributed by atoms with Gasteiger partial charge in [-0.05, 0) is 18.6 Å². The van der Waals surface area contributed by atoms with E-state index in [1.54, 1.807) is 24.3 Å². The Kier molecular flexibility index (Phi) is 4.62. The van der Waals surface area contributed by atoms with Crippen molar-refractivity contribution in [3.63, 3.8) is 0 Å². The molecular formula is C22H22N2O5. The number of carboxylic acid groups (broad SMARTS) is 1. The Bertz CT molecular complexity index is 976. The van der Waals surface area contributed by atoms with Crippen LogP contribution in [0.15, 0.2) is 54.6 Å².